The zero-order valence-corrected chi connectivity index (χ0v) is 24.4. The van der Waals surface area contributed by atoms with Gasteiger partial charge in [0.25, 0.3) is 0 Å². The maximum atomic E-state index is 13.4. The molecule has 0 radical (unpaired) electrons. The summed E-state index contributed by atoms with van der Waals surface area (Å²) in [7, 11) is -2.35. The number of amides is 4. The number of hydrogen-bond donors (Lipinski definition) is 9. The Morgan fingerprint density at radius 1 is 1.05 bits per heavy atom. The lowest BCUT2D eigenvalue weighted by atomic mass is 9.78. The summed E-state index contributed by atoms with van der Waals surface area (Å²) in [6, 6.07) is -4.38. The maximum Gasteiger partial charge on any atom is 0.529 e. The number of aliphatic imine (C=N–C) groups is 1. The molecule has 12 N–H and O–H groups in total. The van der Waals surface area contributed by atoms with Crippen LogP contribution in [0.5, 0.6) is 0 Å². The fraction of sp³-hybridized carbons (Fsp3) is 0.667. The Bertz CT molecular complexity index is 1150. The molecule has 2 bridgehead atoms. The average molecular weight is 623 g/mol. The third kappa shape index (κ3) is 12.9. The van der Waals surface area contributed by atoms with Gasteiger partial charge in [-0.05, 0) is 57.9 Å². The smallest absolute Gasteiger partial charge is 0.449 e. The second kappa shape index (κ2) is 19.1. The number of nitrogens with two attached hydrogens (primary N) is 3. The van der Waals surface area contributed by atoms with E-state index in [1.807, 2.05) is 0 Å². The standard InChI is InChI=1S/C24H42BN11O8/c26-10-3-1-7-18-21(39)32-17(8-5-12-29-22(27)28)20(38)31-16(19(37)25(42)43)6-2-4-11-30-24(41)44-13-9-15-14-36(35-34-15)23(40)33-18/h14,16-18,42-43H,1-13,26H2,(H,30,41)(H,31,38)(H,32,39)(H,33,40)(H4,27,28,29)/t16-,17-,18-/m0/s1. The zero-order valence-electron chi connectivity index (χ0n) is 24.4. The number of unbranched alkanes of at least 4 members (excludes halogenated alkanes) is 1. The van der Waals surface area contributed by atoms with Crippen molar-refractivity contribution in [2.45, 2.75) is 75.9 Å². The number of alkyl carbamates (subject to hydrolysis) is 1. The Balaban J connectivity index is 2.34. The summed E-state index contributed by atoms with van der Waals surface area (Å²) in [5.74, 6) is -1.62. The predicted octanol–water partition coefficient (Wildman–Crippen LogP) is -3.61. The lowest BCUT2D eigenvalue weighted by Gasteiger charge is -2.25. The predicted molar refractivity (Wildman–Crippen MR) is 157 cm³/mol. The monoisotopic (exact) mass is 623 g/mol. The van der Waals surface area contributed by atoms with Gasteiger partial charge in [-0.15, -0.1) is 5.10 Å². The molecule has 1 aliphatic rings. The molecule has 2 heterocycles. The minimum atomic E-state index is -2.35. The van der Waals surface area contributed by atoms with E-state index >= 15 is 0 Å². The number of cyclic esters (lactones) is 1. The topological polar surface area (TPSA) is 304 Å². The van der Waals surface area contributed by atoms with Gasteiger partial charge in [-0.25, -0.2) is 9.59 Å². The van der Waals surface area contributed by atoms with Crippen molar-refractivity contribution in [3.63, 3.8) is 0 Å². The molecule has 19 nitrogen and oxygen atoms in total. The highest BCUT2D eigenvalue weighted by Crippen LogP contribution is 2.08. The van der Waals surface area contributed by atoms with Gasteiger partial charge in [0.15, 0.2) is 11.6 Å². The largest absolute Gasteiger partial charge is 0.529 e. The number of carbonyl (C=O) groups excluding carboxylic acids is 5. The molecule has 3 atom stereocenters. The quantitative estimate of drug-likeness (QED) is 0.0527. The molecule has 44 heavy (non-hydrogen) atoms. The highest BCUT2D eigenvalue weighted by Gasteiger charge is 2.33. The molecular formula is C24H42BN11O8. The van der Waals surface area contributed by atoms with E-state index < -0.39 is 54.9 Å². The fourth-order valence-electron chi connectivity index (χ4n) is 4.23. The number of guanidine groups is 1. The Morgan fingerprint density at radius 2 is 1.75 bits per heavy atom. The number of rotatable bonds is 10. The van der Waals surface area contributed by atoms with Gasteiger partial charge in [0.2, 0.25) is 11.8 Å². The molecule has 0 aromatic carbocycles. The number of nitrogens with one attached hydrogen (secondary N) is 4. The summed E-state index contributed by atoms with van der Waals surface area (Å²) in [5, 5.41) is 36.9. The van der Waals surface area contributed by atoms with Crippen LogP contribution in [0.3, 0.4) is 0 Å². The molecule has 0 saturated carbocycles. The Hall–Kier alpha value is -4.30. The van der Waals surface area contributed by atoms with E-state index in [0.29, 0.717) is 37.9 Å². The van der Waals surface area contributed by atoms with Crippen LogP contribution in [0.25, 0.3) is 0 Å². The molecule has 0 fully saturated rings. The van der Waals surface area contributed by atoms with Crippen molar-refractivity contribution >= 4 is 42.7 Å². The van der Waals surface area contributed by atoms with Gasteiger partial charge in [0, 0.05) is 19.5 Å². The zero-order chi connectivity index (χ0) is 32.5. The number of nitrogens with zero attached hydrogens (tertiary/aromatic N) is 4. The first-order valence-electron chi connectivity index (χ1n) is 14.4. The van der Waals surface area contributed by atoms with Crippen LogP contribution >= 0.6 is 0 Å². The van der Waals surface area contributed by atoms with Crippen LogP contribution in [0.15, 0.2) is 11.2 Å². The van der Waals surface area contributed by atoms with Crippen molar-refractivity contribution in [2.24, 2.45) is 22.2 Å². The van der Waals surface area contributed by atoms with Crippen LogP contribution in [-0.2, 0) is 25.5 Å². The Labute approximate surface area is 254 Å². The molecule has 0 saturated heterocycles. The SMILES string of the molecule is NCCCC[C@@H]1NC(=O)n2cc(nn2)CCOC(=O)NCCCC[C@@H](C(=O)B(O)O)NC(=O)[C@H](CCCN=C(N)N)NC1=O. The van der Waals surface area contributed by atoms with Crippen molar-refractivity contribution in [3.05, 3.63) is 11.9 Å². The van der Waals surface area contributed by atoms with Gasteiger partial charge < -0.3 is 58.0 Å². The summed E-state index contributed by atoms with van der Waals surface area (Å²) in [4.78, 5) is 68.1. The minimum absolute atomic E-state index is 0.0142. The van der Waals surface area contributed by atoms with Crippen LogP contribution in [0.4, 0.5) is 9.59 Å². The molecule has 1 aliphatic heterocycles. The molecule has 0 unspecified atom stereocenters. The first kappa shape index (κ1) is 35.9. The molecule has 244 valence electrons. The van der Waals surface area contributed by atoms with Crippen molar-refractivity contribution < 1.29 is 38.8 Å². The first-order chi connectivity index (χ1) is 21.0. The molecular weight excluding hydrogens is 581 g/mol. The molecule has 20 heteroatoms. The summed E-state index contributed by atoms with van der Waals surface area (Å²) >= 11 is 0. The molecule has 2 rings (SSSR count). The lowest BCUT2D eigenvalue weighted by molar-refractivity contribution is -0.131. The normalized spacial score (nSPS) is 20.9. The summed E-state index contributed by atoms with van der Waals surface area (Å²) in [6.07, 6.45) is 3.03. The maximum absolute atomic E-state index is 13.4. The summed E-state index contributed by atoms with van der Waals surface area (Å²) in [6.45, 7) is 0.635. The second-order valence-corrected chi connectivity index (χ2v) is 10.1. The van der Waals surface area contributed by atoms with E-state index in [9.17, 15) is 34.0 Å². The van der Waals surface area contributed by atoms with Crippen LogP contribution < -0.4 is 38.5 Å². The first-order valence-corrected chi connectivity index (χ1v) is 14.4. The molecule has 0 spiro atoms. The average Bonchev–Trinajstić information content (AvgIpc) is 3.45. The van der Waals surface area contributed by atoms with Crippen molar-refractivity contribution in [1.82, 2.24) is 36.3 Å². The van der Waals surface area contributed by atoms with E-state index in [4.69, 9.17) is 21.9 Å². The Kier molecular flexibility index (Phi) is 15.6. The van der Waals surface area contributed by atoms with E-state index in [-0.39, 0.29) is 57.8 Å². The van der Waals surface area contributed by atoms with Crippen LogP contribution in [-0.4, -0.2) is 112 Å². The van der Waals surface area contributed by atoms with Gasteiger partial charge in [-0.2, -0.15) is 4.68 Å². The molecule has 1 aromatic heterocycles. The van der Waals surface area contributed by atoms with E-state index in [1.54, 1.807) is 0 Å². The lowest BCUT2D eigenvalue weighted by Crippen LogP contribution is -2.57. The summed E-state index contributed by atoms with van der Waals surface area (Å²) in [5.41, 5.74) is 15.7. The van der Waals surface area contributed by atoms with Crippen LogP contribution in [0, 0.1) is 0 Å². The van der Waals surface area contributed by atoms with Gasteiger partial charge in [0.1, 0.15) is 12.1 Å². The van der Waals surface area contributed by atoms with Crippen LogP contribution in [0.2, 0.25) is 0 Å². The number of carbonyl (C=O) groups is 5. The molecule has 1 aromatic rings. The number of ether oxygens (including phenoxy) is 1. The van der Waals surface area contributed by atoms with Gasteiger partial charge in [-0.1, -0.05) is 5.21 Å². The van der Waals surface area contributed by atoms with Crippen molar-refractivity contribution in [3.8, 4) is 0 Å². The Morgan fingerprint density at radius 3 is 2.45 bits per heavy atom. The third-order valence-corrected chi connectivity index (χ3v) is 6.58. The van der Waals surface area contributed by atoms with Gasteiger partial charge in [-0.3, -0.25) is 14.6 Å². The van der Waals surface area contributed by atoms with E-state index in [0.717, 1.165) is 4.68 Å². The minimum Gasteiger partial charge on any atom is -0.449 e. The number of fused-ring (bicyclic) bond motifs is 2. The van der Waals surface area contributed by atoms with Gasteiger partial charge in [0.05, 0.1) is 24.5 Å². The fourth-order valence-corrected chi connectivity index (χ4v) is 4.23. The third-order valence-electron chi connectivity index (χ3n) is 6.58. The second-order valence-electron chi connectivity index (χ2n) is 10.1. The van der Waals surface area contributed by atoms with E-state index in [1.165, 1.54) is 6.20 Å². The van der Waals surface area contributed by atoms with Gasteiger partial charge >= 0.3 is 19.2 Å². The molecule has 0 aliphatic carbocycles. The number of aromatic nitrogens is 3. The van der Waals surface area contributed by atoms with Crippen molar-refractivity contribution in [1.29, 1.82) is 0 Å². The van der Waals surface area contributed by atoms with Crippen LogP contribution in [0.1, 0.15) is 57.1 Å². The highest BCUT2D eigenvalue weighted by atomic mass is 16.5. The van der Waals surface area contributed by atoms with Crippen molar-refractivity contribution in [2.75, 3.05) is 26.2 Å². The highest BCUT2D eigenvalue weighted by molar-refractivity contribution is 6.79. The molecule has 4 amide bonds. The summed E-state index contributed by atoms with van der Waals surface area (Å²) < 4.78 is 6.00. The van der Waals surface area contributed by atoms with E-state index in [2.05, 4.69) is 36.6 Å². The number of hydrogen-bond acceptors (Lipinski definition) is 12.